The van der Waals surface area contributed by atoms with E-state index < -0.39 is 5.97 Å². The fourth-order valence-electron chi connectivity index (χ4n) is 1.29. The van der Waals surface area contributed by atoms with Gasteiger partial charge in [-0.1, -0.05) is 6.42 Å². The van der Waals surface area contributed by atoms with Gasteiger partial charge < -0.3 is 15.8 Å². The van der Waals surface area contributed by atoms with Crippen molar-refractivity contribution in [1.82, 2.24) is 9.97 Å². The van der Waals surface area contributed by atoms with Gasteiger partial charge in [0.05, 0.1) is 6.33 Å². The number of nitrogens with one attached hydrogen (secondary N) is 1. The van der Waals surface area contributed by atoms with Crippen LogP contribution >= 0.6 is 0 Å². The lowest BCUT2D eigenvalue weighted by Gasteiger charge is -1.98. The highest BCUT2D eigenvalue weighted by atomic mass is 16.4. The molecular weight excluding hydrogens is 208 g/mol. The van der Waals surface area contributed by atoms with Crippen molar-refractivity contribution in [3.63, 3.8) is 0 Å². The summed E-state index contributed by atoms with van der Waals surface area (Å²) >= 11 is 0. The van der Waals surface area contributed by atoms with Gasteiger partial charge in [-0.2, -0.15) is 0 Å². The van der Waals surface area contributed by atoms with Gasteiger partial charge in [0, 0.05) is 18.4 Å². The van der Waals surface area contributed by atoms with Gasteiger partial charge in [-0.05, 0) is 19.3 Å². The van der Waals surface area contributed by atoms with Crippen LogP contribution in [0, 0.1) is 0 Å². The van der Waals surface area contributed by atoms with Gasteiger partial charge in [0.25, 0.3) is 0 Å². The number of aryl methyl sites for hydroxylation is 1. The molecule has 0 aliphatic rings. The van der Waals surface area contributed by atoms with Crippen molar-refractivity contribution in [2.45, 2.75) is 25.7 Å². The summed E-state index contributed by atoms with van der Waals surface area (Å²) in [6.07, 6.45) is 7.30. The molecule has 88 valence electrons. The third-order valence-electron chi connectivity index (χ3n) is 2.16. The zero-order valence-electron chi connectivity index (χ0n) is 9.02. The maximum atomic E-state index is 10.3. The smallest absolute Gasteiger partial charge is 0.370 e. The number of aromatic nitrogens is 2. The Bertz CT molecular complexity index is 346. The first-order valence-corrected chi connectivity index (χ1v) is 5.20. The monoisotopic (exact) mass is 224 g/mol. The molecule has 6 nitrogen and oxygen atoms in total. The van der Waals surface area contributed by atoms with E-state index in [4.69, 9.17) is 10.8 Å². The van der Waals surface area contributed by atoms with Crippen molar-refractivity contribution in [2.75, 3.05) is 6.54 Å². The molecule has 6 heteroatoms. The molecule has 0 aliphatic carbocycles. The molecule has 0 radical (unpaired) electrons. The number of amidine groups is 1. The summed E-state index contributed by atoms with van der Waals surface area (Å²) in [6, 6.07) is 0. The molecule has 0 saturated heterocycles. The van der Waals surface area contributed by atoms with E-state index >= 15 is 0 Å². The Morgan fingerprint density at radius 2 is 2.31 bits per heavy atom. The van der Waals surface area contributed by atoms with Crippen molar-refractivity contribution in [3.05, 3.63) is 18.2 Å². The van der Waals surface area contributed by atoms with Gasteiger partial charge >= 0.3 is 5.97 Å². The standard InChI is InChI=1S/C10H16N4O2/c11-9(10(15)16)13-5-3-1-2-4-8-6-12-7-14-8/h6-7H,1-5H2,(H2,11,13)(H,12,14)(H,15,16). The van der Waals surface area contributed by atoms with Crippen LogP contribution < -0.4 is 5.73 Å². The zero-order chi connectivity index (χ0) is 11.8. The Hall–Kier alpha value is -1.85. The number of carboxylic acid groups (broad SMARTS) is 1. The molecule has 0 amide bonds. The number of nitrogens with zero attached hydrogens (tertiary/aromatic N) is 2. The second kappa shape index (κ2) is 6.60. The first-order valence-electron chi connectivity index (χ1n) is 5.20. The maximum absolute atomic E-state index is 10.3. The van der Waals surface area contributed by atoms with E-state index in [1.807, 2.05) is 0 Å². The molecule has 0 spiro atoms. The van der Waals surface area contributed by atoms with Crippen LogP contribution in [0.5, 0.6) is 0 Å². The molecule has 0 aliphatic heterocycles. The minimum absolute atomic E-state index is 0.312. The summed E-state index contributed by atoms with van der Waals surface area (Å²) in [4.78, 5) is 21.0. The molecule has 1 heterocycles. The summed E-state index contributed by atoms with van der Waals surface area (Å²) < 4.78 is 0. The summed E-state index contributed by atoms with van der Waals surface area (Å²) in [5.74, 6) is -1.47. The maximum Gasteiger partial charge on any atom is 0.370 e. The fourth-order valence-corrected chi connectivity index (χ4v) is 1.29. The molecule has 16 heavy (non-hydrogen) atoms. The van der Waals surface area contributed by atoms with Gasteiger partial charge in [-0.3, -0.25) is 4.99 Å². The van der Waals surface area contributed by atoms with Crippen LogP contribution in [0.15, 0.2) is 17.5 Å². The molecule has 1 aromatic heterocycles. The summed E-state index contributed by atoms with van der Waals surface area (Å²) in [5.41, 5.74) is 6.26. The number of H-pyrrole nitrogens is 1. The Kier molecular flexibility index (Phi) is 5.04. The van der Waals surface area contributed by atoms with Crippen LogP contribution in [0.2, 0.25) is 0 Å². The van der Waals surface area contributed by atoms with Crippen LogP contribution in [-0.2, 0) is 11.2 Å². The number of hydrogen-bond acceptors (Lipinski definition) is 3. The zero-order valence-corrected chi connectivity index (χ0v) is 9.02. The predicted molar refractivity (Wildman–Crippen MR) is 60.3 cm³/mol. The van der Waals surface area contributed by atoms with Crippen molar-refractivity contribution < 1.29 is 9.90 Å². The van der Waals surface area contributed by atoms with Crippen molar-refractivity contribution in [1.29, 1.82) is 0 Å². The number of carboxylic acids is 1. The first-order chi connectivity index (χ1) is 7.70. The summed E-state index contributed by atoms with van der Waals surface area (Å²) in [5, 5.41) is 8.44. The van der Waals surface area contributed by atoms with E-state index in [-0.39, 0.29) is 5.84 Å². The fraction of sp³-hybridized carbons (Fsp3) is 0.500. The van der Waals surface area contributed by atoms with E-state index in [1.165, 1.54) is 0 Å². The van der Waals surface area contributed by atoms with Crippen LogP contribution in [0.4, 0.5) is 0 Å². The number of aromatic amines is 1. The van der Waals surface area contributed by atoms with Crippen molar-refractivity contribution >= 4 is 11.8 Å². The third-order valence-corrected chi connectivity index (χ3v) is 2.16. The Morgan fingerprint density at radius 1 is 1.50 bits per heavy atom. The van der Waals surface area contributed by atoms with Gasteiger partial charge in [0.15, 0.2) is 0 Å². The molecule has 4 N–H and O–H groups in total. The first kappa shape index (κ1) is 12.2. The predicted octanol–water partition coefficient (Wildman–Crippen LogP) is 0.564. The van der Waals surface area contributed by atoms with E-state index in [2.05, 4.69) is 15.0 Å². The van der Waals surface area contributed by atoms with E-state index in [9.17, 15) is 4.79 Å². The van der Waals surface area contributed by atoms with Gasteiger partial charge in [0.2, 0.25) is 5.84 Å². The van der Waals surface area contributed by atoms with Crippen LogP contribution in [-0.4, -0.2) is 33.4 Å². The average Bonchev–Trinajstić information content (AvgIpc) is 2.75. The molecule has 0 saturated carbocycles. The molecular formula is C10H16N4O2. The lowest BCUT2D eigenvalue weighted by Crippen LogP contribution is -2.23. The van der Waals surface area contributed by atoms with Crippen molar-refractivity contribution in [2.24, 2.45) is 10.7 Å². The topological polar surface area (TPSA) is 104 Å². The number of nitrogens with two attached hydrogens (primary N) is 1. The molecule has 0 aromatic carbocycles. The minimum Gasteiger partial charge on any atom is -0.475 e. The van der Waals surface area contributed by atoms with Crippen LogP contribution in [0.1, 0.15) is 25.0 Å². The largest absolute Gasteiger partial charge is 0.475 e. The van der Waals surface area contributed by atoms with Gasteiger partial charge in [0.1, 0.15) is 0 Å². The second-order valence-electron chi connectivity index (χ2n) is 3.46. The van der Waals surface area contributed by atoms with E-state index in [1.54, 1.807) is 12.5 Å². The number of imidazole rings is 1. The number of rotatable bonds is 6. The highest BCUT2D eigenvalue weighted by Gasteiger charge is 2.00. The molecule has 1 aromatic rings. The number of hydrogen-bond donors (Lipinski definition) is 3. The van der Waals surface area contributed by atoms with Crippen LogP contribution in [0.25, 0.3) is 0 Å². The average molecular weight is 224 g/mol. The summed E-state index contributed by atoms with van der Waals surface area (Å²) in [7, 11) is 0. The normalized spacial score (nSPS) is 11.6. The SMILES string of the molecule is NC(=NCCCCCc1cnc[nH]1)C(=O)O. The lowest BCUT2D eigenvalue weighted by atomic mass is 10.1. The molecule has 0 atom stereocenters. The Morgan fingerprint density at radius 3 is 2.94 bits per heavy atom. The second-order valence-corrected chi connectivity index (χ2v) is 3.46. The Balaban J connectivity index is 2.04. The van der Waals surface area contributed by atoms with Crippen molar-refractivity contribution in [3.8, 4) is 0 Å². The molecule has 0 fully saturated rings. The number of carbonyl (C=O) groups is 1. The highest BCUT2D eigenvalue weighted by Crippen LogP contribution is 2.02. The Labute approximate surface area is 93.6 Å². The summed E-state index contributed by atoms with van der Waals surface area (Å²) in [6.45, 7) is 0.473. The van der Waals surface area contributed by atoms with Crippen LogP contribution in [0.3, 0.4) is 0 Å². The van der Waals surface area contributed by atoms with Gasteiger partial charge in [-0.25, -0.2) is 9.78 Å². The molecule has 0 unspecified atom stereocenters. The number of unbranched alkanes of at least 4 members (excludes halogenated alkanes) is 2. The quantitative estimate of drug-likeness (QED) is 0.373. The van der Waals surface area contributed by atoms with E-state index in [0.29, 0.717) is 6.54 Å². The highest BCUT2D eigenvalue weighted by molar-refractivity contribution is 6.33. The minimum atomic E-state index is -1.16. The third kappa shape index (κ3) is 4.59. The van der Waals surface area contributed by atoms with E-state index in [0.717, 1.165) is 31.4 Å². The van der Waals surface area contributed by atoms with Gasteiger partial charge in [-0.15, -0.1) is 0 Å². The molecule has 0 bridgehead atoms. The molecule has 1 rings (SSSR count). The lowest BCUT2D eigenvalue weighted by molar-refractivity contribution is -0.129. The number of aliphatic carboxylic acids is 1. The number of aliphatic imine (C=N–C) groups is 1.